The van der Waals surface area contributed by atoms with Crippen LogP contribution < -0.4 is 4.74 Å². The second-order valence-corrected chi connectivity index (χ2v) is 5.86. The van der Waals surface area contributed by atoms with Crippen molar-refractivity contribution in [3.05, 3.63) is 24.3 Å². The molecular formula is C9H12ClNaO6S. The number of hydrogen-bond donors (Lipinski definition) is 2. The maximum atomic E-state index is 10.6. The molecule has 2 N–H and O–H groups in total. The molecule has 6 nitrogen and oxygen atoms in total. The van der Waals surface area contributed by atoms with E-state index in [1.54, 1.807) is 0 Å². The van der Waals surface area contributed by atoms with Crippen molar-refractivity contribution in [3.63, 3.8) is 0 Å². The fourth-order valence-electron chi connectivity index (χ4n) is 0.780. The zero-order valence-corrected chi connectivity index (χ0v) is 13.5. The molecular weight excluding hydrogens is 295 g/mol. The molecule has 0 bridgehead atoms. The molecule has 0 spiro atoms. The van der Waals surface area contributed by atoms with Crippen LogP contribution >= 0.6 is 12.4 Å². The van der Waals surface area contributed by atoms with Gasteiger partial charge < -0.3 is 9.84 Å². The van der Waals surface area contributed by atoms with Gasteiger partial charge in [0.2, 0.25) is 0 Å². The van der Waals surface area contributed by atoms with E-state index < -0.39 is 16.3 Å². The van der Waals surface area contributed by atoms with E-state index in [1.807, 2.05) is 0 Å². The van der Waals surface area contributed by atoms with Crippen LogP contribution in [0.5, 0.6) is 5.75 Å². The first kappa shape index (κ1) is 20.0. The van der Waals surface area contributed by atoms with Gasteiger partial charge in [0.15, 0.2) is 0 Å². The standard InChI is InChI=1S/C7H6O6S.C2H5.ClH.Na/c8-7(9)13-5-1-3-6(4-2-5)14(10,11)12;1-2;;/h1-4H,(H,8,9)(H,10,11,12);1H2,2H3;1H;. The Kier molecular flexibility index (Phi) is 10.7. The van der Waals surface area contributed by atoms with Crippen LogP contribution in [-0.4, -0.2) is 52.2 Å². The van der Waals surface area contributed by atoms with Crippen molar-refractivity contribution in [3.8, 4) is 5.75 Å². The van der Waals surface area contributed by atoms with E-state index in [0.29, 0.717) is 0 Å². The summed E-state index contributed by atoms with van der Waals surface area (Å²) in [5, 5.41) is 8.21. The Hall–Kier alpha value is -0.310. The third kappa shape index (κ3) is 8.73. The van der Waals surface area contributed by atoms with Gasteiger partial charge in [0.1, 0.15) is 5.75 Å². The average molecular weight is 307 g/mol. The predicted molar refractivity (Wildman–Crippen MR) is 68.4 cm³/mol. The first-order chi connectivity index (χ1) is 7.81. The molecule has 98 valence electrons. The fraction of sp³-hybridized carbons (Fsp3) is 0.222. The molecule has 18 heavy (non-hydrogen) atoms. The summed E-state index contributed by atoms with van der Waals surface area (Å²) in [5.74, 6) is -0.0232. The monoisotopic (exact) mass is 306 g/mol. The smallest absolute Gasteiger partial charge is 0.449 e. The molecule has 0 aromatic heterocycles. The largest absolute Gasteiger partial charge is 0.511 e. The quantitative estimate of drug-likeness (QED) is 0.375. The summed E-state index contributed by atoms with van der Waals surface area (Å²) in [6.07, 6.45) is -1.50. The minimum Gasteiger partial charge on any atom is -0.449 e. The second-order valence-electron chi connectivity index (χ2n) is 3.02. The van der Waals surface area contributed by atoms with Crippen molar-refractivity contribution in [2.45, 2.75) is 15.5 Å². The molecule has 0 saturated carbocycles. The molecule has 0 radical (unpaired) electrons. The van der Waals surface area contributed by atoms with E-state index in [1.165, 1.54) is 31.6 Å². The van der Waals surface area contributed by atoms with Gasteiger partial charge in [0, 0.05) is 0 Å². The number of benzene rings is 1. The van der Waals surface area contributed by atoms with Crippen LogP contribution in [-0.2, 0) is 10.1 Å². The van der Waals surface area contributed by atoms with Crippen LogP contribution in [0.4, 0.5) is 4.79 Å². The Bertz CT molecular complexity index is 458. The molecule has 0 aliphatic carbocycles. The van der Waals surface area contributed by atoms with Gasteiger partial charge in [-0.15, -0.1) is 12.4 Å². The molecule has 0 saturated heterocycles. The molecule has 1 aromatic rings. The topological polar surface area (TPSA) is 101 Å². The van der Waals surface area contributed by atoms with Gasteiger partial charge in [-0.1, -0.05) is 0 Å². The number of ether oxygens (including phenoxy) is 1. The molecule has 0 fully saturated rings. The summed E-state index contributed by atoms with van der Waals surface area (Å²) < 4.78 is 35.3. The summed E-state index contributed by atoms with van der Waals surface area (Å²) in [7, 11) is -4.25. The maximum absolute atomic E-state index is 10.6. The van der Waals surface area contributed by atoms with Crippen LogP contribution in [0.15, 0.2) is 29.2 Å². The molecule has 0 heterocycles. The number of rotatable bonds is 2. The van der Waals surface area contributed by atoms with Crippen molar-refractivity contribution in [2.24, 2.45) is 0 Å². The van der Waals surface area contributed by atoms with E-state index in [-0.39, 0.29) is 23.1 Å². The van der Waals surface area contributed by atoms with Gasteiger partial charge in [-0.2, -0.15) is 8.42 Å². The van der Waals surface area contributed by atoms with Crippen molar-refractivity contribution < 1.29 is 27.6 Å². The Labute approximate surface area is 129 Å². The van der Waals surface area contributed by atoms with Gasteiger partial charge in [-0.25, -0.2) is 4.79 Å². The van der Waals surface area contributed by atoms with Crippen LogP contribution in [0.25, 0.3) is 0 Å². The maximum Gasteiger partial charge on any atom is 0.511 e. The molecule has 9 heteroatoms. The second kappa shape index (κ2) is 9.60. The summed E-state index contributed by atoms with van der Waals surface area (Å²) in [5.41, 5.74) is 0. The molecule has 1 aromatic carbocycles. The van der Waals surface area contributed by atoms with Gasteiger partial charge >= 0.3 is 44.7 Å². The fourth-order valence-corrected chi connectivity index (χ4v) is 1.26. The van der Waals surface area contributed by atoms with Crippen molar-refractivity contribution in [2.75, 3.05) is 0 Å². The zero-order chi connectivity index (χ0) is 13.5. The molecule has 0 amide bonds. The number of carboxylic acid groups (broad SMARTS) is 1. The Morgan fingerprint density at radius 1 is 1.33 bits per heavy atom. The third-order valence-electron chi connectivity index (χ3n) is 1.33. The summed E-state index contributed by atoms with van der Waals surface area (Å²) >= 11 is 1.37. The van der Waals surface area contributed by atoms with E-state index >= 15 is 0 Å². The molecule has 0 aliphatic rings. The number of halogens is 1. The van der Waals surface area contributed by atoms with Gasteiger partial charge in [0.25, 0.3) is 10.1 Å². The minimum absolute atomic E-state index is 0. The number of carbonyl (C=O) groups is 1. The number of hydrogen-bond acceptors (Lipinski definition) is 4. The molecule has 0 unspecified atom stereocenters. The Morgan fingerprint density at radius 3 is 2.00 bits per heavy atom. The first-order valence-corrected chi connectivity index (χ1v) is 7.65. The first-order valence-electron chi connectivity index (χ1n) is 4.79. The summed E-state index contributed by atoms with van der Waals surface area (Å²) in [6, 6.07) is 4.32. The van der Waals surface area contributed by atoms with E-state index in [0.717, 1.165) is 24.3 Å². The third-order valence-corrected chi connectivity index (χ3v) is 2.19. The minimum atomic E-state index is -4.25. The molecule has 0 atom stereocenters. The van der Waals surface area contributed by atoms with Gasteiger partial charge in [-0.3, -0.25) is 4.55 Å². The Morgan fingerprint density at radius 2 is 1.72 bits per heavy atom. The van der Waals surface area contributed by atoms with Crippen molar-refractivity contribution in [1.29, 1.82) is 0 Å². The van der Waals surface area contributed by atoms with E-state index in [4.69, 9.17) is 9.66 Å². The van der Waals surface area contributed by atoms with Crippen LogP contribution in [0.3, 0.4) is 0 Å². The van der Waals surface area contributed by atoms with E-state index in [2.05, 4.69) is 11.7 Å². The zero-order valence-electron chi connectivity index (χ0n) is 9.86. The van der Waals surface area contributed by atoms with Crippen molar-refractivity contribution in [1.82, 2.24) is 0 Å². The molecule has 1 rings (SSSR count). The normalized spacial score (nSPS) is 9.56. The SMILES string of the molecule is C[CH2][Na].Cl.O=C(O)Oc1ccc(S(=O)(=O)O)cc1. The predicted octanol–water partition coefficient (Wildman–Crippen LogP) is 2.00. The Balaban J connectivity index is 0. The van der Waals surface area contributed by atoms with Crippen LogP contribution in [0.2, 0.25) is 3.67 Å². The van der Waals surface area contributed by atoms with Crippen molar-refractivity contribution >= 4 is 56.6 Å². The van der Waals surface area contributed by atoms with Gasteiger partial charge in [0.05, 0.1) is 4.90 Å². The summed E-state index contributed by atoms with van der Waals surface area (Å²) in [6.45, 7) is 2.19. The van der Waals surface area contributed by atoms with Crippen LogP contribution in [0, 0.1) is 0 Å². The van der Waals surface area contributed by atoms with Gasteiger partial charge in [-0.05, 0) is 24.3 Å². The molecule has 0 aliphatic heterocycles. The van der Waals surface area contributed by atoms with E-state index in [9.17, 15) is 13.2 Å². The summed E-state index contributed by atoms with van der Waals surface area (Å²) in [4.78, 5) is 9.74. The average Bonchev–Trinajstić information content (AvgIpc) is 2.17. The van der Waals surface area contributed by atoms with Crippen LogP contribution in [0.1, 0.15) is 6.92 Å².